The molecule has 2 rings (SSSR count). The van der Waals surface area contributed by atoms with Gasteiger partial charge in [-0.2, -0.15) is 0 Å². The van der Waals surface area contributed by atoms with Crippen LogP contribution in [0.5, 0.6) is 5.75 Å². The van der Waals surface area contributed by atoms with E-state index in [9.17, 15) is 0 Å². The van der Waals surface area contributed by atoms with Gasteiger partial charge in [-0.15, -0.1) is 0 Å². The molecule has 0 radical (unpaired) electrons. The third kappa shape index (κ3) is 4.10. The number of nitrogens with zero attached hydrogens (tertiary/aromatic N) is 2. The number of nitrogens with one attached hydrogen (secondary N) is 1. The van der Waals surface area contributed by atoms with Crippen LogP contribution in [-0.4, -0.2) is 29.2 Å². The van der Waals surface area contributed by atoms with Crippen LogP contribution in [0.15, 0.2) is 42.7 Å². The minimum atomic E-state index is 0.381. The van der Waals surface area contributed by atoms with Gasteiger partial charge in [0.2, 0.25) is 0 Å². The Morgan fingerprint density at radius 3 is 2.80 bits per heavy atom. The summed E-state index contributed by atoms with van der Waals surface area (Å²) in [6, 6.07) is 10.3. The van der Waals surface area contributed by atoms with Crippen LogP contribution in [0.25, 0.3) is 0 Å². The predicted octanol–water partition coefficient (Wildman–Crippen LogP) is 2.50. The zero-order chi connectivity index (χ0) is 14.2. The summed E-state index contributed by atoms with van der Waals surface area (Å²) >= 11 is 0. The minimum absolute atomic E-state index is 0.381. The van der Waals surface area contributed by atoms with E-state index in [1.807, 2.05) is 49.8 Å². The van der Waals surface area contributed by atoms with Gasteiger partial charge in [0.1, 0.15) is 11.6 Å². The lowest BCUT2D eigenvalue weighted by molar-refractivity contribution is 0.287. The zero-order valence-corrected chi connectivity index (χ0v) is 12.2. The van der Waals surface area contributed by atoms with Crippen molar-refractivity contribution >= 4 is 0 Å². The molecule has 1 atom stereocenters. The van der Waals surface area contributed by atoms with Gasteiger partial charge in [0.15, 0.2) is 0 Å². The van der Waals surface area contributed by atoms with Crippen molar-refractivity contribution in [3.8, 4) is 5.75 Å². The smallest absolute Gasteiger partial charge is 0.119 e. The monoisotopic (exact) mass is 273 g/mol. The number of rotatable bonds is 8. The second-order valence-electron chi connectivity index (χ2n) is 4.77. The van der Waals surface area contributed by atoms with E-state index in [1.165, 1.54) is 0 Å². The molecule has 20 heavy (non-hydrogen) atoms. The van der Waals surface area contributed by atoms with Gasteiger partial charge in [0.25, 0.3) is 0 Å². The molecule has 1 aromatic carbocycles. The van der Waals surface area contributed by atoms with Crippen molar-refractivity contribution in [2.75, 3.05) is 13.7 Å². The number of ether oxygens (including phenoxy) is 1. The van der Waals surface area contributed by atoms with Gasteiger partial charge >= 0.3 is 0 Å². The third-order valence-electron chi connectivity index (χ3n) is 3.46. The van der Waals surface area contributed by atoms with Crippen molar-refractivity contribution in [1.82, 2.24) is 14.9 Å². The van der Waals surface area contributed by atoms with Crippen molar-refractivity contribution in [3.05, 3.63) is 48.5 Å². The molecule has 0 aliphatic carbocycles. The quantitative estimate of drug-likeness (QED) is 0.803. The lowest BCUT2D eigenvalue weighted by Gasteiger charge is -2.17. The maximum atomic E-state index is 5.75. The molecular formula is C16H23N3O. The van der Waals surface area contributed by atoms with E-state index in [-0.39, 0.29) is 0 Å². The number of para-hydroxylation sites is 1. The minimum Gasteiger partial charge on any atom is -0.494 e. The molecular weight excluding hydrogens is 250 g/mol. The summed E-state index contributed by atoms with van der Waals surface area (Å²) in [5.74, 6) is 2.06. The maximum Gasteiger partial charge on any atom is 0.119 e. The first-order valence-electron chi connectivity index (χ1n) is 7.18. The number of aryl methyl sites for hydroxylation is 1. The van der Waals surface area contributed by atoms with Gasteiger partial charge in [0.05, 0.1) is 6.61 Å². The first-order chi connectivity index (χ1) is 9.83. The number of hydrogen-bond donors (Lipinski definition) is 1. The van der Waals surface area contributed by atoms with Crippen molar-refractivity contribution in [3.63, 3.8) is 0 Å². The van der Waals surface area contributed by atoms with E-state index >= 15 is 0 Å². The number of hydrogen-bond acceptors (Lipinski definition) is 3. The van der Waals surface area contributed by atoms with Crippen LogP contribution >= 0.6 is 0 Å². The molecule has 0 fully saturated rings. The molecule has 0 amide bonds. The number of aromatic nitrogens is 2. The normalized spacial score (nSPS) is 12.3. The van der Waals surface area contributed by atoms with Crippen molar-refractivity contribution in [2.45, 2.75) is 32.4 Å². The molecule has 4 heteroatoms. The van der Waals surface area contributed by atoms with Crippen LogP contribution in [-0.2, 0) is 13.0 Å². The molecule has 0 aliphatic heterocycles. The van der Waals surface area contributed by atoms with Crippen LogP contribution in [0, 0.1) is 0 Å². The van der Waals surface area contributed by atoms with Crippen LogP contribution in [0.4, 0.5) is 0 Å². The van der Waals surface area contributed by atoms with Crippen LogP contribution in [0.2, 0.25) is 0 Å². The summed E-state index contributed by atoms with van der Waals surface area (Å²) in [6.07, 6.45) is 5.78. The van der Waals surface area contributed by atoms with E-state index in [0.29, 0.717) is 12.6 Å². The first-order valence-corrected chi connectivity index (χ1v) is 7.18. The van der Waals surface area contributed by atoms with Crippen molar-refractivity contribution < 1.29 is 4.74 Å². The fourth-order valence-corrected chi connectivity index (χ4v) is 2.22. The Kier molecular flexibility index (Phi) is 5.62. The summed E-state index contributed by atoms with van der Waals surface area (Å²) in [7, 11) is 1.99. The van der Waals surface area contributed by atoms with Crippen LogP contribution < -0.4 is 10.1 Å². The lowest BCUT2D eigenvalue weighted by Crippen LogP contribution is -2.30. The SMILES string of the molecule is CCn1ccnc1CC(CCOc1ccccc1)NC. The molecule has 1 N–H and O–H groups in total. The van der Waals surface area contributed by atoms with Gasteiger partial charge in [-0.1, -0.05) is 18.2 Å². The Morgan fingerprint density at radius 2 is 2.10 bits per heavy atom. The summed E-state index contributed by atoms with van der Waals surface area (Å²) in [4.78, 5) is 4.42. The average molecular weight is 273 g/mol. The van der Waals surface area contributed by atoms with Crippen molar-refractivity contribution in [2.24, 2.45) is 0 Å². The number of benzene rings is 1. The van der Waals surface area contributed by atoms with Crippen LogP contribution in [0.1, 0.15) is 19.2 Å². The van der Waals surface area contributed by atoms with Gasteiger partial charge < -0.3 is 14.6 Å². The highest BCUT2D eigenvalue weighted by Gasteiger charge is 2.11. The van der Waals surface area contributed by atoms with E-state index < -0.39 is 0 Å². The number of likely N-dealkylation sites (N-methyl/N-ethyl adjacent to an activating group) is 1. The molecule has 1 unspecified atom stereocenters. The van der Waals surface area contributed by atoms with Crippen LogP contribution in [0.3, 0.4) is 0 Å². The molecule has 0 saturated carbocycles. The predicted molar refractivity (Wildman–Crippen MR) is 81.0 cm³/mol. The molecule has 2 aromatic rings. The molecule has 1 heterocycles. The highest BCUT2D eigenvalue weighted by atomic mass is 16.5. The molecule has 108 valence electrons. The van der Waals surface area contributed by atoms with E-state index in [2.05, 4.69) is 21.8 Å². The summed E-state index contributed by atoms with van der Waals surface area (Å²) < 4.78 is 7.93. The Balaban J connectivity index is 1.81. The molecule has 4 nitrogen and oxygen atoms in total. The second kappa shape index (κ2) is 7.70. The van der Waals surface area contributed by atoms with Gasteiger partial charge in [-0.25, -0.2) is 4.98 Å². The maximum absolute atomic E-state index is 5.75. The molecule has 0 bridgehead atoms. The Morgan fingerprint density at radius 1 is 1.30 bits per heavy atom. The Hall–Kier alpha value is -1.81. The molecule has 0 saturated heterocycles. The number of imidazole rings is 1. The Labute approximate surface area is 120 Å². The fourth-order valence-electron chi connectivity index (χ4n) is 2.22. The zero-order valence-electron chi connectivity index (χ0n) is 12.2. The third-order valence-corrected chi connectivity index (χ3v) is 3.46. The van der Waals surface area contributed by atoms with E-state index in [1.54, 1.807) is 0 Å². The highest BCUT2D eigenvalue weighted by molar-refractivity contribution is 5.20. The summed E-state index contributed by atoms with van der Waals surface area (Å²) in [6.45, 7) is 3.81. The van der Waals surface area contributed by atoms with Gasteiger partial charge in [0, 0.05) is 31.4 Å². The Bertz CT molecular complexity index is 495. The lowest BCUT2D eigenvalue weighted by atomic mass is 10.1. The average Bonchev–Trinajstić information content (AvgIpc) is 2.94. The standard InChI is InChI=1S/C16H23N3O/c1-3-19-11-10-18-16(19)13-14(17-2)9-12-20-15-7-5-4-6-8-15/h4-8,10-11,14,17H,3,9,12-13H2,1-2H3. The van der Waals surface area contributed by atoms with Crippen molar-refractivity contribution in [1.29, 1.82) is 0 Å². The second-order valence-corrected chi connectivity index (χ2v) is 4.77. The first kappa shape index (κ1) is 14.6. The largest absolute Gasteiger partial charge is 0.494 e. The summed E-state index contributed by atoms with van der Waals surface area (Å²) in [5.41, 5.74) is 0. The fraction of sp³-hybridized carbons (Fsp3) is 0.438. The molecule has 0 aliphatic rings. The topological polar surface area (TPSA) is 39.1 Å². The van der Waals surface area contributed by atoms with E-state index in [0.717, 1.165) is 31.0 Å². The van der Waals surface area contributed by atoms with Gasteiger partial charge in [-0.05, 0) is 32.5 Å². The summed E-state index contributed by atoms with van der Waals surface area (Å²) in [5, 5.41) is 3.34. The van der Waals surface area contributed by atoms with Gasteiger partial charge in [-0.3, -0.25) is 0 Å². The van der Waals surface area contributed by atoms with E-state index in [4.69, 9.17) is 4.74 Å². The molecule has 1 aromatic heterocycles. The molecule has 0 spiro atoms. The highest BCUT2D eigenvalue weighted by Crippen LogP contribution is 2.10.